The van der Waals surface area contributed by atoms with Gasteiger partial charge in [0.1, 0.15) is 6.54 Å². The van der Waals surface area contributed by atoms with Gasteiger partial charge in [-0.3, -0.25) is 29.3 Å². The minimum absolute atomic E-state index is 0.0466. The topological polar surface area (TPSA) is 118 Å². The van der Waals surface area contributed by atoms with Crippen molar-refractivity contribution in [1.82, 2.24) is 10.0 Å². The summed E-state index contributed by atoms with van der Waals surface area (Å²) in [6, 6.07) is 9.02. The molecule has 2 saturated carbocycles. The van der Waals surface area contributed by atoms with E-state index in [0.717, 1.165) is 16.4 Å². The van der Waals surface area contributed by atoms with E-state index in [-0.39, 0.29) is 38.7 Å². The molecular formula is C26H19Cl2N3O6. The molecule has 6 atom stereocenters. The molecule has 0 aromatic heterocycles. The van der Waals surface area contributed by atoms with Crippen molar-refractivity contribution in [3.05, 3.63) is 85.9 Å². The number of carbonyl (C=O) groups excluding carboxylic acids is 4. The Labute approximate surface area is 220 Å². The average Bonchev–Trinajstić information content (AvgIpc) is 3.67. The van der Waals surface area contributed by atoms with Crippen LogP contribution >= 0.6 is 23.2 Å². The summed E-state index contributed by atoms with van der Waals surface area (Å²) in [6.45, 7) is -0.622. The van der Waals surface area contributed by atoms with Gasteiger partial charge in [-0.2, -0.15) is 5.01 Å². The predicted octanol–water partition coefficient (Wildman–Crippen LogP) is 4.19. The van der Waals surface area contributed by atoms with Gasteiger partial charge in [-0.15, -0.1) is 0 Å². The van der Waals surface area contributed by atoms with Crippen LogP contribution in [0.2, 0.25) is 10.0 Å². The van der Waals surface area contributed by atoms with Crippen LogP contribution in [0.5, 0.6) is 0 Å². The number of allylic oxidation sites excluding steroid dienone is 2. The maximum absolute atomic E-state index is 13.7. The Morgan fingerprint density at radius 2 is 1.49 bits per heavy atom. The van der Waals surface area contributed by atoms with E-state index in [9.17, 15) is 29.3 Å². The quantitative estimate of drug-likeness (QED) is 0.178. The number of ketones is 1. The monoisotopic (exact) mass is 539 g/mol. The van der Waals surface area contributed by atoms with E-state index >= 15 is 0 Å². The molecule has 9 nitrogen and oxygen atoms in total. The number of hydrogen-bond acceptors (Lipinski definition) is 6. The molecule has 0 unspecified atom stereocenters. The molecule has 2 bridgehead atoms. The number of non-ortho nitro benzene ring substituents is 1. The van der Waals surface area contributed by atoms with E-state index < -0.39 is 46.8 Å². The van der Waals surface area contributed by atoms with Gasteiger partial charge in [0.05, 0.1) is 26.8 Å². The molecule has 11 heteroatoms. The number of rotatable bonds is 6. The molecule has 3 fully saturated rings. The first-order valence-electron chi connectivity index (χ1n) is 11.8. The van der Waals surface area contributed by atoms with Gasteiger partial charge in [0.25, 0.3) is 23.4 Å². The lowest BCUT2D eigenvalue weighted by Crippen LogP contribution is -2.52. The zero-order valence-corrected chi connectivity index (χ0v) is 20.6. The van der Waals surface area contributed by atoms with Crippen molar-refractivity contribution in [2.75, 3.05) is 6.54 Å². The Balaban J connectivity index is 1.35. The van der Waals surface area contributed by atoms with Crippen molar-refractivity contribution in [2.24, 2.45) is 35.5 Å². The summed E-state index contributed by atoms with van der Waals surface area (Å²) in [7, 11) is 0. The van der Waals surface area contributed by atoms with Crippen molar-refractivity contribution in [2.45, 2.75) is 6.42 Å². The van der Waals surface area contributed by atoms with E-state index in [1.54, 1.807) is 0 Å². The predicted molar refractivity (Wildman–Crippen MR) is 131 cm³/mol. The first-order chi connectivity index (χ1) is 17.7. The summed E-state index contributed by atoms with van der Waals surface area (Å²) in [5.74, 6) is -2.86. The average molecular weight is 540 g/mol. The molecular weight excluding hydrogens is 521 g/mol. The summed E-state index contributed by atoms with van der Waals surface area (Å²) in [5, 5.41) is 13.0. The molecule has 1 saturated heterocycles. The zero-order chi connectivity index (χ0) is 26.2. The molecule has 2 aromatic carbocycles. The van der Waals surface area contributed by atoms with Gasteiger partial charge in [0.2, 0.25) is 0 Å². The summed E-state index contributed by atoms with van der Waals surface area (Å²) in [4.78, 5) is 64.6. The molecule has 7 rings (SSSR count). The Hall–Kier alpha value is -3.56. The number of nitro groups is 1. The van der Waals surface area contributed by atoms with Gasteiger partial charge in [-0.25, -0.2) is 5.01 Å². The number of imide groups is 1. The molecule has 3 amide bonds. The number of hydrazine groups is 1. The van der Waals surface area contributed by atoms with Crippen LogP contribution in [0.15, 0.2) is 54.6 Å². The Morgan fingerprint density at radius 1 is 0.919 bits per heavy atom. The SMILES string of the molecule is O=C(CN(C(=O)c1ccc(Cl)c(Cl)c1)N1C(=O)[C@@H]2[C@@H]3C=C[C@@H]([C@@H]4C[C@H]34)[C@@H]2C1=O)c1ccc([N+](=O)[O-])cc1. The van der Waals surface area contributed by atoms with E-state index in [2.05, 4.69) is 0 Å². The van der Waals surface area contributed by atoms with E-state index in [1.165, 1.54) is 42.5 Å². The normalized spacial score (nSPS) is 28.6. The fourth-order valence-electron chi connectivity index (χ4n) is 6.19. The fourth-order valence-corrected chi connectivity index (χ4v) is 6.49. The Morgan fingerprint density at radius 3 is 2.03 bits per heavy atom. The molecule has 0 spiro atoms. The van der Waals surface area contributed by atoms with Crippen LogP contribution < -0.4 is 0 Å². The number of halogens is 2. The number of hydrogen-bond donors (Lipinski definition) is 0. The first-order valence-corrected chi connectivity index (χ1v) is 12.5. The second kappa shape index (κ2) is 8.49. The van der Waals surface area contributed by atoms with Gasteiger partial charge in [-0.1, -0.05) is 35.4 Å². The van der Waals surface area contributed by atoms with Crippen LogP contribution in [0.3, 0.4) is 0 Å². The highest BCUT2D eigenvalue weighted by Crippen LogP contribution is 2.65. The molecule has 4 aliphatic carbocycles. The molecule has 1 aliphatic heterocycles. The lowest BCUT2D eigenvalue weighted by atomic mass is 9.63. The third-order valence-electron chi connectivity index (χ3n) is 7.98. The Bertz CT molecular complexity index is 1390. The fraction of sp³-hybridized carbons (Fsp3) is 0.308. The number of benzene rings is 2. The van der Waals surface area contributed by atoms with Gasteiger partial charge < -0.3 is 0 Å². The number of nitro benzene ring substituents is 1. The van der Waals surface area contributed by atoms with Crippen molar-refractivity contribution < 1.29 is 24.1 Å². The molecule has 0 N–H and O–H groups in total. The van der Waals surface area contributed by atoms with Gasteiger partial charge in [0.15, 0.2) is 5.78 Å². The van der Waals surface area contributed by atoms with Crippen molar-refractivity contribution >= 4 is 52.4 Å². The first kappa shape index (κ1) is 23.8. The Kier molecular flexibility index (Phi) is 5.47. The standard InChI is InChI=1S/C26H19Cl2N3O6/c27-19-8-3-13(9-20(19)28)24(33)29(11-21(32)12-1-4-14(5-2-12)31(36)37)30-25(34)22-15-6-7-16(18-10-17(15)18)23(22)26(30)35/h1-9,15-18,22-23H,10-11H2/t15-,16+,17-,18+,22-,23+. The maximum atomic E-state index is 13.7. The lowest BCUT2D eigenvalue weighted by molar-refractivity contribution is -0.384. The van der Waals surface area contributed by atoms with Crippen LogP contribution in [0.1, 0.15) is 27.1 Å². The third kappa shape index (κ3) is 3.67. The minimum Gasteiger partial charge on any atom is -0.292 e. The van der Waals surface area contributed by atoms with Crippen LogP contribution in [-0.4, -0.2) is 45.0 Å². The second-order valence-electron chi connectivity index (χ2n) is 9.86. The molecule has 2 aromatic rings. The van der Waals surface area contributed by atoms with E-state index in [1.807, 2.05) is 12.2 Å². The lowest BCUT2D eigenvalue weighted by Gasteiger charge is -2.37. The third-order valence-corrected chi connectivity index (χ3v) is 8.71. The molecule has 5 aliphatic rings. The van der Waals surface area contributed by atoms with Crippen molar-refractivity contribution in [1.29, 1.82) is 0 Å². The highest BCUT2D eigenvalue weighted by atomic mass is 35.5. The summed E-state index contributed by atoms with van der Waals surface area (Å²) in [6.07, 6.45) is 5.02. The molecule has 0 radical (unpaired) electrons. The van der Waals surface area contributed by atoms with Gasteiger partial charge in [0, 0.05) is 23.3 Å². The molecule has 37 heavy (non-hydrogen) atoms. The van der Waals surface area contributed by atoms with E-state index in [4.69, 9.17) is 23.2 Å². The van der Waals surface area contributed by atoms with Crippen molar-refractivity contribution in [3.63, 3.8) is 0 Å². The van der Waals surface area contributed by atoms with Crippen LogP contribution in [0.25, 0.3) is 0 Å². The second-order valence-corrected chi connectivity index (χ2v) is 10.7. The molecule has 188 valence electrons. The number of nitrogens with zero attached hydrogens (tertiary/aromatic N) is 3. The smallest absolute Gasteiger partial charge is 0.273 e. The number of carbonyl (C=O) groups is 4. The number of amides is 3. The molecule has 1 heterocycles. The van der Waals surface area contributed by atoms with E-state index in [0.29, 0.717) is 11.8 Å². The van der Waals surface area contributed by atoms with Crippen LogP contribution in [-0.2, 0) is 9.59 Å². The van der Waals surface area contributed by atoms with Crippen LogP contribution in [0.4, 0.5) is 5.69 Å². The minimum atomic E-state index is -0.764. The maximum Gasteiger partial charge on any atom is 0.273 e. The number of Topliss-reactive ketones (excluding diaryl/α,β-unsaturated/α-hetero) is 1. The summed E-state index contributed by atoms with van der Waals surface area (Å²) in [5.41, 5.74) is -0.0573. The van der Waals surface area contributed by atoms with Gasteiger partial charge in [-0.05, 0) is 60.4 Å². The van der Waals surface area contributed by atoms with Crippen molar-refractivity contribution in [3.8, 4) is 0 Å². The van der Waals surface area contributed by atoms with Gasteiger partial charge >= 0.3 is 0 Å². The van der Waals surface area contributed by atoms with Crippen LogP contribution in [0, 0.1) is 45.6 Å². The highest BCUT2D eigenvalue weighted by Gasteiger charge is 2.68. The zero-order valence-electron chi connectivity index (χ0n) is 19.1. The summed E-state index contributed by atoms with van der Waals surface area (Å²) >= 11 is 12.1. The summed E-state index contributed by atoms with van der Waals surface area (Å²) < 4.78 is 0. The highest BCUT2D eigenvalue weighted by molar-refractivity contribution is 6.42. The largest absolute Gasteiger partial charge is 0.292 e.